The molecule has 0 radical (unpaired) electrons. The molecule has 3 aromatic carbocycles. The number of benzene rings is 3. The summed E-state index contributed by atoms with van der Waals surface area (Å²) in [5.41, 5.74) is 2.96. The van der Waals surface area contributed by atoms with E-state index in [4.69, 9.17) is 9.84 Å². The van der Waals surface area contributed by atoms with E-state index in [1.165, 1.54) is 13.8 Å². The van der Waals surface area contributed by atoms with Gasteiger partial charge in [-0.1, -0.05) is 24.3 Å². The highest BCUT2D eigenvalue weighted by Crippen LogP contribution is 2.24. The van der Waals surface area contributed by atoms with Gasteiger partial charge in [-0.05, 0) is 79.9 Å². The average Bonchev–Trinajstić information content (AvgIpc) is 2.80. The van der Waals surface area contributed by atoms with Gasteiger partial charge in [0.15, 0.2) is 0 Å². The van der Waals surface area contributed by atoms with Crippen molar-refractivity contribution in [1.82, 2.24) is 5.32 Å². The summed E-state index contributed by atoms with van der Waals surface area (Å²) >= 11 is 0. The Labute approximate surface area is 198 Å². The summed E-state index contributed by atoms with van der Waals surface area (Å²) in [5, 5.41) is 17.3. The lowest BCUT2D eigenvalue weighted by Gasteiger charge is -2.21. The van der Waals surface area contributed by atoms with Crippen LogP contribution in [-0.2, 0) is 4.79 Å². The zero-order chi connectivity index (χ0) is 24.9. The molecule has 0 aromatic heterocycles. The number of amides is 3. The molecular formula is C26H27N3O5. The summed E-state index contributed by atoms with van der Waals surface area (Å²) in [6, 6.07) is 19.2. The van der Waals surface area contributed by atoms with E-state index in [0.717, 1.165) is 22.4 Å². The van der Waals surface area contributed by atoms with E-state index in [9.17, 15) is 14.4 Å². The van der Waals surface area contributed by atoms with Crippen molar-refractivity contribution in [3.05, 3.63) is 77.9 Å². The molecule has 34 heavy (non-hydrogen) atoms. The molecule has 3 amide bonds. The molecule has 0 aliphatic rings. The number of rotatable bonds is 7. The fourth-order valence-corrected chi connectivity index (χ4v) is 3.16. The van der Waals surface area contributed by atoms with Crippen LogP contribution in [0.25, 0.3) is 11.1 Å². The van der Waals surface area contributed by atoms with Gasteiger partial charge in [-0.2, -0.15) is 0 Å². The number of urea groups is 1. The van der Waals surface area contributed by atoms with Gasteiger partial charge in [0.1, 0.15) is 11.3 Å². The number of aryl methyl sites for hydroxylation is 1. The fourth-order valence-electron chi connectivity index (χ4n) is 3.16. The Balaban J connectivity index is 1.62. The number of anilines is 2. The lowest BCUT2D eigenvalue weighted by atomic mass is 10.0. The van der Waals surface area contributed by atoms with Crippen molar-refractivity contribution in [3.63, 3.8) is 0 Å². The highest BCUT2D eigenvalue weighted by atomic mass is 16.5. The van der Waals surface area contributed by atoms with Crippen LogP contribution in [0.2, 0.25) is 0 Å². The lowest BCUT2D eigenvalue weighted by Crippen LogP contribution is -2.49. The van der Waals surface area contributed by atoms with Gasteiger partial charge < -0.3 is 25.8 Å². The molecule has 0 spiro atoms. The maximum Gasteiger partial charge on any atom is 0.328 e. The number of nitrogens with one attached hydrogen (secondary N) is 3. The normalized spacial score (nSPS) is 10.8. The smallest absolute Gasteiger partial charge is 0.328 e. The fraction of sp³-hybridized carbons (Fsp3) is 0.192. The van der Waals surface area contributed by atoms with E-state index in [2.05, 4.69) is 16.0 Å². The Bertz CT molecular complexity index is 1200. The minimum atomic E-state index is -1.36. The van der Waals surface area contributed by atoms with Crippen LogP contribution >= 0.6 is 0 Å². The number of carbonyl (C=O) groups is 3. The van der Waals surface area contributed by atoms with Gasteiger partial charge in [0.25, 0.3) is 5.91 Å². The number of carboxylic acids is 1. The number of methoxy groups -OCH3 is 1. The van der Waals surface area contributed by atoms with E-state index < -0.39 is 17.4 Å². The predicted octanol–water partition coefficient (Wildman–Crippen LogP) is 4.91. The first-order valence-electron chi connectivity index (χ1n) is 10.6. The van der Waals surface area contributed by atoms with E-state index in [1.54, 1.807) is 55.6 Å². The molecule has 0 fully saturated rings. The first-order chi connectivity index (χ1) is 16.1. The minimum Gasteiger partial charge on any atom is -0.497 e. The second-order valence-corrected chi connectivity index (χ2v) is 8.30. The highest BCUT2D eigenvalue weighted by molar-refractivity contribution is 6.00. The van der Waals surface area contributed by atoms with E-state index in [1.807, 2.05) is 25.1 Å². The first-order valence-corrected chi connectivity index (χ1v) is 10.6. The summed E-state index contributed by atoms with van der Waals surface area (Å²) in [5.74, 6) is -0.854. The van der Waals surface area contributed by atoms with Crippen LogP contribution in [0.5, 0.6) is 5.75 Å². The lowest BCUT2D eigenvalue weighted by molar-refractivity contribution is -0.143. The van der Waals surface area contributed by atoms with Crippen molar-refractivity contribution in [2.24, 2.45) is 0 Å². The number of hydrogen-bond donors (Lipinski definition) is 4. The van der Waals surface area contributed by atoms with Crippen LogP contribution in [0.15, 0.2) is 66.7 Å². The quantitative estimate of drug-likeness (QED) is 0.399. The van der Waals surface area contributed by atoms with Gasteiger partial charge in [-0.15, -0.1) is 0 Å². The van der Waals surface area contributed by atoms with Gasteiger partial charge in [-0.3, -0.25) is 4.79 Å². The Morgan fingerprint density at radius 3 is 1.97 bits per heavy atom. The largest absolute Gasteiger partial charge is 0.497 e. The maximum atomic E-state index is 12.4. The van der Waals surface area contributed by atoms with Gasteiger partial charge in [0, 0.05) is 16.9 Å². The summed E-state index contributed by atoms with van der Waals surface area (Å²) in [7, 11) is 1.59. The molecule has 3 rings (SSSR count). The molecular weight excluding hydrogens is 434 g/mol. The summed E-state index contributed by atoms with van der Waals surface area (Å²) in [4.78, 5) is 35.9. The van der Waals surface area contributed by atoms with Crippen molar-refractivity contribution in [3.8, 4) is 16.9 Å². The molecule has 0 aliphatic carbocycles. The zero-order valence-electron chi connectivity index (χ0n) is 19.4. The summed E-state index contributed by atoms with van der Waals surface area (Å²) in [6.45, 7) is 4.74. The van der Waals surface area contributed by atoms with Crippen molar-refractivity contribution in [2.75, 3.05) is 17.7 Å². The van der Waals surface area contributed by atoms with Crippen molar-refractivity contribution >= 4 is 29.3 Å². The van der Waals surface area contributed by atoms with Crippen LogP contribution in [0.4, 0.5) is 16.2 Å². The average molecular weight is 462 g/mol. The number of aliphatic carboxylic acids is 1. The Morgan fingerprint density at radius 2 is 1.44 bits per heavy atom. The van der Waals surface area contributed by atoms with Crippen LogP contribution in [0.3, 0.4) is 0 Å². The third kappa shape index (κ3) is 5.92. The standard InChI is InChI=1S/C26H27N3O5/c1-16-15-21(34-4)13-14-22(16)28-25(33)27-20-11-9-18(10-12-20)17-5-7-19(8-6-17)23(30)29-26(2,3)24(31)32/h5-15H,1-4H3,(H,29,30)(H,31,32)(H2,27,28,33). The molecule has 0 heterocycles. The molecule has 0 bridgehead atoms. The van der Waals surface area contributed by atoms with Crippen LogP contribution < -0.4 is 20.7 Å². The second kappa shape index (κ2) is 10.1. The van der Waals surface area contributed by atoms with Gasteiger partial charge in [-0.25, -0.2) is 9.59 Å². The number of carbonyl (C=O) groups excluding carboxylic acids is 2. The summed E-state index contributed by atoms with van der Waals surface area (Å²) < 4.78 is 5.17. The van der Waals surface area contributed by atoms with Gasteiger partial charge >= 0.3 is 12.0 Å². The Kier molecular flexibility index (Phi) is 7.21. The zero-order valence-corrected chi connectivity index (χ0v) is 19.4. The number of carboxylic acid groups (broad SMARTS) is 1. The summed E-state index contributed by atoms with van der Waals surface area (Å²) in [6.07, 6.45) is 0. The molecule has 8 heteroatoms. The highest BCUT2D eigenvalue weighted by Gasteiger charge is 2.29. The van der Waals surface area contributed by atoms with Crippen LogP contribution in [0, 0.1) is 6.92 Å². The molecule has 0 saturated heterocycles. The molecule has 0 atom stereocenters. The second-order valence-electron chi connectivity index (χ2n) is 8.30. The van der Waals surface area contributed by atoms with Crippen molar-refractivity contribution in [2.45, 2.75) is 26.3 Å². The minimum absolute atomic E-state index is 0.360. The molecule has 4 N–H and O–H groups in total. The molecule has 3 aromatic rings. The monoisotopic (exact) mass is 461 g/mol. The molecule has 0 saturated carbocycles. The Morgan fingerprint density at radius 1 is 0.853 bits per heavy atom. The Hall–Kier alpha value is -4.33. The van der Waals surface area contributed by atoms with Crippen molar-refractivity contribution < 1.29 is 24.2 Å². The van der Waals surface area contributed by atoms with Crippen LogP contribution in [-0.4, -0.2) is 35.7 Å². The van der Waals surface area contributed by atoms with Crippen LogP contribution in [0.1, 0.15) is 29.8 Å². The van der Waals surface area contributed by atoms with E-state index >= 15 is 0 Å². The van der Waals surface area contributed by atoms with Gasteiger partial charge in [0.05, 0.1) is 7.11 Å². The molecule has 8 nitrogen and oxygen atoms in total. The topological polar surface area (TPSA) is 117 Å². The maximum absolute atomic E-state index is 12.4. The van der Waals surface area contributed by atoms with E-state index in [-0.39, 0.29) is 6.03 Å². The third-order valence-corrected chi connectivity index (χ3v) is 5.27. The number of hydrogen-bond acceptors (Lipinski definition) is 4. The third-order valence-electron chi connectivity index (χ3n) is 5.27. The van der Waals surface area contributed by atoms with Gasteiger partial charge in [0.2, 0.25) is 0 Å². The first kappa shape index (κ1) is 24.3. The molecule has 176 valence electrons. The van der Waals surface area contributed by atoms with Crippen molar-refractivity contribution in [1.29, 1.82) is 0 Å². The van der Waals surface area contributed by atoms with E-state index in [0.29, 0.717) is 16.9 Å². The number of ether oxygens (including phenoxy) is 1. The molecule has 0 aliphatic heterocycles. The molecule has 0 unspecified atom stereocenters. The predicted molar refractivity (Wildman–Crippen MR) is 131 cm³/mol. The SMILES string of the molecule is COc1ccc(NC(=O)Nc2ccc(-c3ccc(C(=O)NC(C)(C)C(=O)O)cc3)cc2)c(C)c1.